The molecule has 0 aromatic carbocycles. The van der Waals surface area contributed by atoms with Gasteiger partial charge in [-0.2, -0.15) is 0 Å². The maximum Gasteiger partial charge on any atom is 0.268 e. The van der Waals surface area contributed by atoms with E-state index in [9.17, 15) is 9.59 Å². The van der Waals surface area contributed by atoms with Crippen molar-refractivity contribution in [1.29, 1.82) is 0 Å². The Morgan fingerprint density at radius 1 is 1.56 bits per heavy atom. The summed E-state index contributed by atoms with van der Waals surface area (Å²) in [7, 11) is 1.70. The Hall–Kier alpha value is -1.62. The minimum absolute atomic E-state index is 0.0788. The summed E-state index contributed by atoms with van der Waals surface area (Å²) in [6.45, 7) is 3.04. The van der Waals surface area contributed by atoms with Crippen molar-refractivity contribution in [3.8, 4) is 0 Å². The predicted octanol–water partition coefficient (Wildman–Crippen LogP) is 0.338. The van der Waals surface area contributed by atoms with E-state index in [4.69, 9.17) is 5.11 Å². The Labute approximate surface area is 94.1 Å². The van der Waals surface area contributed by atoms with E-state index >= 15 is 0 Å². The number of Topliss-reactive ketones (excluding diaryl/α,β-unsaturated/α-hetero) is 1. The van der Waals surface area contributed by atoms with Crippen molar-refractivity contribution in [1.82, 2.24) is 9.88 Å². The smallest absolute Gasteiger partial charge is 0.268 e. The number of carbonyl (C=O) groups excluding carboxylic acids is 2. The average molecular weight is 224 g/mol. The third-order valence-corrected chi connectivity index (χ3v) is 2.30. The Bertz CT molecular complexity index is 409. The second-order valence-corrected chi connectivity index (χ2v) is 3.84. The monoisotopic (exact) mass is 224 g/mol. The molecule has 2 N–H and O–H groups in total. The molecule has 0 aliphatic heterocycles. The maximum atomic E-state index is 11.7. The van der Waals surface area contributed by atoms with E-state index in [1.54, 1.807) is 30.8 Å². The van der Waals surface area contributed by atoms with Crippen molar-refractivity contribution >= 4 is 11.7 Å². The molecule has 0 saturated heterocycles. The fraction of sp³-hybridized carbons (Fsp3) is 0.455. The highest BCUT2D eigenvalue weighted by Gasteiger charge is 2.15. The van der Waals surface area contributed by atoms with Gasteiger partial charge in [-0.05, 0) is 19.9 Å². The molecule has 0 unspecified atom stereocenters. The summed E-state index contributed by atoms with van der Waals surface area (Å²) in [6.07, 6.45) is 1.61. The first kappa shape index (κ1) is 12.4. The SMILES string of the molecule is CC(=O)c1cc(C(=O)N[C@@H](C)CO)n(C)c1. The Morgan fingerprint density at radius 2 is 2.19 bits per heavy atom. The quantitative estimate of drug-likeness (QED) is 0.724. The normalized spacial score (nSPS) is 12.2. The molecule has 0 saturated carbocycles. The molecule has 0 fully saturated rings. The summed E-state index contributed by atoms with van der Waals surface area (Å²) >= 11 is 0. The predicted molar refractivity (Wildman–Crippen MR) is 59.4 cm³/mol. The standard InChI is InChI=1S/C11H16N2O3/c1-7(6-14)12-11(16)10-4-9(8(2)15)5-13(10)3/h4-5,7,14H,6H2,1-3H3,(H,12,16)/t7-/m0/s1. The van der Waals surface area contributed by atoms with Gasteiger partial charge in [-0.15, -0.1) is 0 Å². The minimum atomic E-state index is -0.303. The van der Waals surface area contributed by atoms with Crippen LogP contribution >= 0.6 is 0 Å². The number of nitrogens with zero attached hydrogens (tertiary/aromatic N) is 1. The van der Waals surface area contributed by atoms with Gasteiger partial charge in [0.25, 0.3) is 5.91 Å². The van der Waals surface area contributed by atoms with Crippen LogP contribution in [0.3, 0.4) is 0 Å². The summed E-state index contributed by atoms with van der Waals surface area (Å²) in [5.74, 6) is -0.374. The number of aliphatic hydroxyl groups excluding tert-OH is 1. The molecule has 5 heteroatoms. The van der Waals surface area contributed by atoms with E-state index in [2.05, 4.69) is 5.32 Å². The molecule has 1 aromatic rings. The molecule has 1 aromatic heterocycles. The van der Waals surface area contributed by atoms with Crippen molar-refractivity contribution in [2.45, 2.75) is 19.9 Å². The van der Waals surface area contributed by atoms with Gasteiger partial charge in [-0.25, -0.2) is 0 Å². The molecule has 0 spiro atoms. The number of nitrogens with one attached hydrogen (secondary N) is 1. The van der Waals surface area contributed by atoms with Crippen LogP contribution in [-0.2, 0) is 7.05 Å². The topological polar surface area (TPSA) is 71.3 Å². The second-order valence-electron chi connectivity index (χ2n) is 3.84. The van der Waals surface area contributed by atoms with Gasteiger partial charge in [0.15, 0.2) is 5.78 Å². The zero-order valence-electron chi connectivity index (χ0n) is 9.65. The first-order valence-electron chi connectivity index (χ1n) is 5.04. The van der Waals surface area contributed by atoms with Crippen LogP contribution in [0.4, 0.5) is 0 Å². The van der Waals surface area contributed by atoms with Gasteiger partial charge < -0.3 is 15.0 Å². The number of aliphatic hydroxyl groups is 1. The summed E-state index contributed by atoms with van der Waals surface area (Å²) in [5.41, 5.74) is 0.912. The lowest BCUT2D eigenvalue weighted by Gasteiger charge is -2.10. The third-order valence-electron chi connectivity index (χ3n) is 2.30. The fourth-order valence-corrected chi connectivity index (χ4v) is 1.33. The third kappa shape index (κ3) is 2.70. The molecule has 1 heterocycles. The van der Waals surface area contributed by atoms with E-state index in [0.29, 0.717) is 11.3 Å². The molecule has 1 rings (SSSR count). The molecular formula is C11H16N2O3. The van der Waals surface area contributed by atoms with Crippen molar-refractivity contribution in [2.24, 2.45) is 7.05 Å². The Balaban J connectivity index is 2.87. The second kappa shape index (κ2) is 4.94. The van der Waals surface area contributed by atoms with Crippen LogP contribution in [0.2, 0.25) is 0 Å². The molecule has 0 aliphatic rings. The molecule has 88 valence electrons. The summed E-state index contributed by atoms with van der Waals surface area (Å²) < 4.78 is 1.59. The lowest BCUT2D eigenvalue weighted by atomic mass is 10.2. The molecule has 0 aliphatic carbocycles. The van der Waals surface area contributed by atoms with E-state index in [0.717, 1.165) is 0 Å². The van der Waals surface area contributed by atoms with Gasteiger partial charge >= 0.3 is 0 Å². The van der Waals surface area contributed by atoms with Gasteiger partial charge in [-0.1, -0.05) is 0 Å². The fourth-order valence-electron chi connectivity index (χ4n) is 1.33. The minimum Gasteiger partial charge on any atom is -0.394 e. The number of hydrogen-bond acceptors (Lipinski definition) is 3. The van der Waals surface area contributed by atoms with Gasteiger partial charge in [0.2, 0.25) is 0 Å². The van der Waals surface area contributed by atoms with E-state index in [1.807, 2.05) is 0 Å². The number of hydrogen-bond donors (Lipinski definition) is 2. The molecule has 0 bridgehead atoms. The number of carbonyl (C=O) groups is 2. The summed E-state index contributed by atoms with van der Waals surface area (Å²) in [6, 6.07) is 1.24. The Kier molecular flexibility index (Phi) is 3.84. The van der Waals surface area contributed by atoms with Crippen LogP contribution in [0.1, 0.15) is 34.7 Å². The van der Waals surface area contributed by atoms with Crippen molar-refractivity contribution in [3.63, 3.8) is 0 Å². The molecular weight excluding hydrogens is 208 g/mol. The maximum absolute atomic E-state index is 11.7. The van der Waals surface area contributed by atoms with Crippen LogP contribution in [-0.4, -0.2) is 34.0 Å². The summed E-state index contributed by atoms with van der Waals surface area (Å²) in [4.78, 5) is 22.8. The first-order valence-corrected chi connectivity index (χ1v) is 5.04. The van der Waals surface area contributed by atoms with Crippen LogP contribution in [0.25, 0.3) is 0 Å². The van der Waals surface area contributed by atoms with Gasteiger partial charge in [0.05, 0.1) is 6.61 Å². The number of aryl methyl sites for hydroxylation is 1. The Morgan fingerprint density at radius 3 is 2.62 bits per heavy atom. The van der Waals surface area contributed by atoms with Crippen LogP contribution in [0.15, 0.2) is 12.3 Å². The van der Waals surface area contributed by atoms with Crippen LogP contribution in [0.5, 0.6) is 0 Å². The number of rotatable bonds is 4. The van der Waals surface area contributed by atoms with E-state index in [1.165, 1.54) is 6.92 Å². The van der Waals surface area contributed by atoms with Gasteiger partial charge in [0.1, 0.15) is 5.69 Å². The van der Waals surface area contributed by atoms with Crippen molar-refractivity contribution in [2.75, 3.05) is 6.61 Å². The molecule has 0 radical (unpaired) electrons. The molecule has 16 heavy (non-hydrogen) atoms. The van der Waals surface area contributed by atoms with Gasteiger partial charge in [0, 0.05) is 24.8 Å². The molecule has 5 nitrogen and oxygen atoms in total. The lowest BCUT2D eigenvalue weighted by Crippen LogP contribution is -2.35. The zero-order valence-corrected chi connectivity index (χ0v) is 9.65. The average Bonchev–Trinajstić information content (AvgIpc) is 2.60. The van der Waals surface area contributed by atoms with Crippen LogP contribution < -0.4 is 5.32 Å². The largest absolute Gasteiger partial charge is 0.394 e. The molecule has 1 amide bonds. The number of amides is 1. The number of ketones is 1. The molecule has 1 atom stereocenters. The van der Waals surface area contributed by atoms with Crippen molar-refractivity contribution in [3.05, 3.63) is 23.5 Å². The lowest BCUT2D eigenvalue weighted by molar-refractivity contribution is 0.0914. The highest BCUT2D eigenvalue weighted by molar-refractivity contribution is 5.99. The zero-order chi connectivity index (χ0) is 12.3. The summed E-state index contributed by atoms with van der Waals surface area (Å²) in [5, 5.41) is 11.4. The van der Waals surface area contributed by atoms with Crippen molar-refractivity contribution < 1.29 is 14.7 Å². The van der Waals surface area contributed by atoms with E-state index < -0.39 is 0 Å². The first-order chi connectivity index (χ1) is 7.45. The highest BCUT2D eigenvalue weighted by atomic mass is 16.3. The van der Waals surface area contributed by atoms with Crippen LogP contribution in [0, 0.1) is 0 Å². The highest BCUT2D eigenvalue weighted by Crippen LogP contribution is 2.08. The number of aromatic nitrogens is 1. The van der Waals surface area contributed by atoms with E-state index in [-0.39, 0.29) is 24.3 Å². The van der Waals surface area contributed by atoms with Gasteiger partial charge in [-0.3, -0.25) is 9.59 Å².